The van der Waals surface area contributed by atoms with E-state index < -0.39 is 0 Å². The van der Waals surface area contributed by atoms with Gasteiger partial charge in [-0.1, -0.05) is 28.1 Å². The topological polar surface area (TPSA) is 15.3 Å². The van der Waals surface area contributed by atoms with Crippen LogP contribution in [0.2, 0.25) is 0 Å². The summed E-state index contributed by atoms with van der Waals surface area (Å²) in [5, 5.41) is 3.32. The van der Waals surface area contributed by atoms with Gasteiger partial charge in [0.25, 0.3) is 0 Å². The maximum absolute atomic E-state index is 3.70. The van der Waals surface area contributed by atoms with Crippen molar-refractivity contribution in [2.24, 2.45) is 5.92 Å². The Kier molecular flexibility index (Phi) is 4.25. The summed E-state index contributed by atoms with van der Waals surface area (Å²) in [6.45, 7) is 3.71. The van der Waals surface area contributed by atoms with E-state index in [0.29, 0.717) is 6.04 Å². The first kappa shape index (κ1) is 13.6. The Hall–Kier alpha value is -0.380. The van der Waals surface area contributed by atoms with Crippen molar-refractivity contribution in [3.05, 3.63) is 33.8 Å². The zero-order valence-electron chi connectivity index (χ0n) is 11.7. The van der Waals surface area contributed by atoms with Gasteiger partial charge in [0.15, 0.2) is 0 Å². The summed E-state index contributed by atoms with van der Waals surface area (Å²) in [5.74, 6) is 0.879. The molecule has 1 aromatic carbocycles. The number of nitrogens with one attached hydrogen (secondary N) is 1. The van der Waals surface area contributed by atoms with Crippen molar-refractivity contribution < 1.29 is 0 Å². The molecule has 1 atom stereocenters. The summed E-state index contributed by atoms with van der Waals surface area (Å²) in [4.78, 5) is 2.71. The van der Waals surface area contributed by atoms with E-state index in [-0.39, 0.29) is 0 Å². The number of rotatable bonds is 3. The molecule has 1 aliphatic heterocycles. The molecule has 2 aliphatic rings. The normalized spacial score (nSPS) is 24.6. The molecular formula is C16H23BrN2. The molecule has 1 N–H and O–H groups in total. The Morgan fingerprint density at radius 1 is 1.26 bits per heavy atom. The highest BCUT2D eigenvalue weighted by atomic mass is 79.9. The third kappa shape index (κ3) is 2.74. The first-order chi connectivity index (χ1) is 9.29. The van der Waals surface area contributed by atoms with E-state index in [1.54, 1.807) is 11.1 Å². The summed E-state index contributed by atoms with van der Waals surface area (Å²) < 4.78 is 1.30. The highest BCUT2D eigenvalue weighted by Crippen LogP contribution is 2.40. The first-order valence-corrected chi connectivity index (χ1v) is 8.25. The largest absolute Gasteiger partial charge is 0.319 e. The molecule has 1 unspecified atom stereocenters. The van der Waals surface area contributed by atoms with E-state index in [4.69, 9.17) is 0 Å². The third-order valence-electron chi connectivity index (χ3n) is 4.76. The van der Waals surface area contributed by atoms with Gasteiger partial charge in [-0.15, -0.1) is 0 Å². The Labute approximate surface area is 124 Å². The van der Waals surface area contributed by atoms with Crippen molar-refractivity contribution in [1.29, 1.82) is 0 Å². The molecule has 0 aromatic heterocycles. The summed E-state index contributed by atoms with van der Waals surface area (Å²) in [6, 6.07) is 7.37. The molecule has 1 aliphatic carbocycles. The highest BCUT2D eigenvalue weighted by Gasteiger charge is 2.31. The molecule has 0 saturated carbocycles. The van der Waals surface area contributed by atoms with Gasteiger partial charge < -0.3 is 5.32 Å². The molecule has 0 bridgehead atoms. The predicted octanol–water partition coefficient (Wildman–Crippen LogP) is 3.37. The molecule has 1 saturated heterocycles. The molecule has 3 rings (SSSR count). The molecule has 3 heteroatoms. The first-order valence-electron chi connectivity index (χ1n) is 7.45. The minimum absolute atomic E-state index is 0.669. The quantitative estimate of drug-likeness (QED) is 0.917. The molecule has 19 heavy (non-hydrogen) atoms. The van der Waals surface area contributed by atoms with Gasteiger partial charge in [-0.25, -0.2) is 0 Å². The fourth-order valence-corrected chi connectivity index (χ4v) is 4.30. The van der Waals surface area contributed by atoms with Crippen LogP contribution in [0, 0.1) is 5.92 Å². The predicted molar refractivity (Wildman–Crippen MR) is 83.4 cm³/mol. The Morgan fingerprint density at radius 3 is 2.79 bits per heavy atom. The summed E-state index contributed by atoms with van der Waals surface area (Å²) in [6.07, 6.45) is 5.23. The van der Waals surface area contributed by atoms with Crippen LogP contribution in [0.15, 0.2) is 22.7 Å². The van der Waals surface area contributed by atoms with Crippen molar-refractivity contribution in [3.8, 4) is 0 Å². The van der Waals surface area contributed by atoms with Crippen LogP contribution in [0.5, 0.6) is 0 Å². The number of piperidine rings is 1. The van der Waals surface area contributed by atoms with Crippen molar-refractivity contribution >= 4 is 15.9 Å². The molecule has 0 amide bonds. The molecule has 1 heterocycles. The van der Waals surface area contributed by atoms with Crippen molar-refractivity contribution in [1.82, 2.24) is 10.2 Å². The lowest BCUT2D eigenvalue weighted by Crippen LogP contribution is -2.38. The zero-order valence-corrected chi connectivity index (χ0v) is 13.2. The maximum atomic E-state index is 3.70. The van der Waals surface area contributed by atoms with Crippen LogP contribution < -0.4 is 5.32 Å². The van der Waals surface area contributed by atoms with Crippen LogP contribution in [0.3, 0.4) is 0 Å². The Morgan fingerprint density at radius 2 is 2.05 bits per heavy atom. The second-order valence-corrected chi connectivity index (χ2v) is 6.75. The molecule has 0 radical (unpaired) electrons. The van der Waals surface area contributed by atoms with Gasteiger partial charge in [-0.3, -0.25) is 4.90 Å². The minimum atomic E-state index is 0.669. The van der Waals surface area contributed by atoms with Crippen LogP contribution in [-0.2, 0) is 6.42 Å². The van der Waals surface area contributed by atoms with Crippen molar-refractivity contribution in [2.75, 3.05) is 26.7 Å². The van der Waals surface area contributed by atoms with Crippen LogP contribution in [0.1, 0.15) is 36.4 Å². The van der Waals surface area contributed by atoms with Gasteiger partial charge >= 0.3 is 0 Å². The van der Waals surface area contributed by atoms with Gasteiger partial charge in [0, 0.05) is 10.5 Å². The summed E-state index contributed by atoms with van der Waals surface area (Å²) in [5.41, 5.74) is 3.12. The second-order valence-electron chi connectivity index (χ2n) is 5.90. The number of likely N-dealkylation sites (tertiary alicyclic amines) is 1. The van der Waals surface area contributed by atoms with Crippen LogP contribution >= 0.6 is 15.9 Å². The average molecular weight is 323 g/mol. The van der Waals surface area contributed by atoms with Gasteiger partial charge in [-0.05, 0) is 75.5 Å². The third-order valence-corrected chi connectivity index (χ3v) is 5.51. The van der Waals surface area contributed by atoms with Crippen LogP contribution in [-0.4, -0.2) is 31.6 Å². The number of halogens is 1. The number of fused-ring (bicyclic) bond motifs is 1. The van der Waals surface area contributed by atoms with E-state index in [1.165, 1.54) is 49.8 Å². The average Bonchev–Trinajstić information content (AvgIpc) is 2.85. The number of nitrogens with zero attached hydrogens (tertiary/aromatic N) is 1. The number of benzene rings is 1. The van der Waals surface area contributed by atoms with Gasteiger partial charge in [0.1, 0.15) is 0 Å². The van der Waals surface area contributed by atoms with Gasteiger partial charge in [-0.2, -0.15) is 0 Å². The molecule has 104 valence electrons. The van der Waals surface area contributed by atoms with Gasteiger partial charge in [0.2, 0.25) is 0 Å². The lowest BCUT2D eigenvalue weighted by atomic mass is 9.94. The van der Waals surface area contributed by atoms with E-state index in [9.17, 15) is 0 Å². The minimum Gasteiger partial charge on any atom is -0.319 e. The maximum Gasteiger partial charge on any atom is 0.0354 e. The van der Waals surface area contributed by atoms with Crippen molar-refractivity contribution in [2.45, 2.75) is 31.7 Å². The molecular weight excluding hydrogens is 300 g/mol. The van der Waals surface area contributed by atoms with E-state index in [1.807, 2.05) is 0 Å². The van der Waals surface area contributed by atoms with Crippen molar-refractivity contribution in [3.63, 3.8) is 0 Å². The Bertz CT molecular complexity index is 438. The van der Waals surface area contributed by atoms with E-state index in [2.05, 4.69) is 51.4 Å². The fourth-order valence-electron chi connectivity index (χ4n) is 3.72. The van der Waals surface area contributed by atoms with E-state index in [0.717, 1.165) is 5.92 Å². The fraction of sp³-hybridized carbons (Fsp3) is 0.625. The number of hydrogen-bond acceptors (Lipinski definition) is 2. The number of hydrogen-bond donors (Lipinski definition) is 1. The zero-order chi connectivity index (χ0) is 13.2. The monoisotopic (exact) mass is 322 g/mol. The van der Waals surface area contributed by atoms with E-state index >= 15 is 0 Å². The van der Waals surface area contributed by atoms with Crippen LogP contribution in [0.25, 0.3) is 0 Å². The molecule has 1 aromatic rings. The second kappa shape index (κ2) is 5.94. The molecule has 0 spiro atoms. The standard InChI is InChI=1S/C16H23BrN2/c1-18-11-12-7-9-19(10-8-12)16-6-5-13-14(16)3-2-4-15(13)17/h2-4,12,16,18H,5-11H2,1H3. The SMILES string of the molecule is CNCC1CCN(C2CCc3c(Br)cccc32)CC1. The highest BCUT2D eigenvalue weighted by molar-refractivity contribution is 9.10. The lowest BCUT2D eigenvalue weighted by molar-refractivity contribution is 0.132. The Balaban J connectivity index is 1.68. The summed E-state index contributed by atoms with van der Waals surface area (Å²) in [7, 11) is 2.07. The van der Waals surface area contributed by atoms with Gasteiger partial charge in [0.05, 0.1) is 0 Å². The lowest BCUT2D eigenvalue weighted by Gasteiger charge is -2.36. The molecule has 1 fully saturated rings. The molecule has 2 nitrogen and oxygen atoms in total. The summed E-state index contributed by atoms with van der Waals surface area (Å²) >= 11 is 3.70. The smallest absolute Gasteiger partial charge is 0.0354 e. The van der Waals surface area contributed by atoms with Crippen LogP contribution in [0.4, 0.5) is 0 Å².